The van der Waals surface area contributed by atoms with Crippen LogP contribution in [0.5, 0.6) is 0 Å². The molecule has 0 aromatic rings. The molecular formula is C82H158N2O20P2S2. The summed E-state index contributed by atoms with van der Waals surface area (Å²) in [5.74, 6) is -2.50. The molecule has 0 aromatic carbocycles. The summed E-state index contributed by atoms with van der Waals surface area (Å²) in [5, 5.41) is 25.1. The lowest BCUT2D eigenvalue weighted by Gasteiger charge is -2.21. The largest absolute Gasteiger partial charge is 0.472 e. The van der Waals surface area contributed by atoms with Crippen molar-refractivity contribution >= 4 is 72.9 Å². The number of nitrogens with one attached hydrogen (secondary N) is 2. The quantitative estimate of drug-likeness (QED) is 0.0108. The van der Waals surface area contributed by atoms with Crippen molar-refractivity contribution in [3.05, 3.63) is 0 Å². The van der Waals surface area contributed by atoms with Gasteiger partial charge in [0.2, 0.25) is 11.8 Å². The number of ether oxygens (including phenoxy) is 4. The SMILES string of the molecule is CCCCCCCCCCCCCCCCCC(=O)OC[C@H](COP(=O)(O)OC[C@H](CO)NC(=O)CCSSCCC(=O)N[C@@H](CO)COP(=O)(O)OC[C@@H](COC(=O)CCCCCCCCCCCCC)OC(=O)CCCCCCCCCCCCC)OC(=O)CCCCCCCCCCCCCCCCC. The molecule has 0 aliphatic heterocycles. The van der Waals surface area contributed by atoms with Crippen molar-refractivity contribution in [1.29, 1.82) is 0 Å². The number of hydrogen-bond donors (Lipinski definition) is 6. The van der Waals surface area contributed by atoms with E-state index in [2.05, 4.69) is 38.3 Å². The smallest absolute Gasteiger partial charge is 0.462 e. The number of amides is 2. The molecule has 6 atom stereocenters. The second-order valence-corrected chi connectivity index (χ2v) is 35.3. The van der Waals surface area contributed by atoms with Crippen molar-refractivity contribution in [2.45, 2.75) is 424 Å². The third-order valence-corrected chi connectivity index (χ3v) is 23.5. The minimum Gasteiger partial charge on any atom is -0.462 e. The number of rotatable bonds is 85. The van der Waals surface area contributed by atoms with E-state index in [0.29, 0.717) is 25.7 Å². The number of esters is 4. The normalized spacial score (nSPS) is 13.8. The predicted molar refractivity (Wildman–Crippen MR) is 439 cm³/mol. The fourth-order valence-electron chi connectivity index (χ4n) is 12.5. The minimum absolute atomic E-state index is 0.0291. The average Bonchev–Trinajstić information content (AvgIpc) is 0.905. The number of hydrogen-bond acceptors (Lipinski definition) is 20. The highest BCUT2D eigenvalue weighted by Gasteiger charge is 2.30. The third-order valence-electron chi connectivity index (χ3n) is 19.2. The van der Waals surface area contributed by atoms with E-state index in [4.69, 9.17) is 37.0 Å². The van der Waals surface area contributed by atoms with E-state index < -0.39 is 115 Å². The first-order chi connectivity index (χ1) is 52.4. The Balaban J connectivity index is 5.08. The molecular weight excluding hydrogens is 1460 g/mol. The Bertz CT molecular complexity index is 2210. The van der Waals surface area contributed by atoms with Crippen LogP contribution in [0.25, 0.3) is 0 Å². The standard InChI is InChI=1S/C82H158N2O20P2S2/c1-5-9-13-17-21-25-29-31-33-35-39-42-46-50-54-58-80(90)98-70-76(104-82(92)60-56-52-48-44-40-36-34-32-30-26-22-18-14-10-6-2)72-102-106(95,96)100-68-74(66-86)84-78(88)62-64-108-107-63-61-77(87)83-73(65-85)67-99-105(93,94)101-71-75(103-81(91)59-55-51-47-43-38-28-24-20-16-12-8-4)69-97-79(89)57-53-49-45-41-37-27-23-19-15-11-7-3/h73-76,85-86H,5-72H2,1-4H3,(H,83,87)(H,84,88)(H,93,94)(H,95,96)/t73-,74-,75+,76+/m0/s1. The first-order valence-corrected chi connectivity index (χ1v) is 48.9. The molecule has 2 unspecified atom stereocenters. The van der Waals surface area contributed by atoms with Crippen molar-refractivity contribution in [3.63, 3.8) is 0 Å². The van der Waals surface area contributed by atoms with Gasteiger partial charge in [0.1, 0.15) is 13.2 Å². The highest BCUT2D eigenvalue weighted by atomic mass is 33.1. The Morgan fingerprint density at radius 2 is 0.491 bits per heavy atom. The highest BCUT2D eigenvalue weighted by molar-refractivity contribution is 8.76. The molecule has 0 heterocycles. The molecule has 108 heavy (non-hydrogen) atoms. The molecule has 638 valence electrons. The Morgan fingerprint density at radius 1 is 0.287 bits per heavy atom. The van der Waals surface area contributed by atoms with Crippen LogP contribution in [0.2, 0.25) is 0 Å². The zero-order valence-electron chi connectivity index (χ0n) is 68.4. The summed E-state index contributed by atoms with van der Waals surface area (Å²) in [5.41, 5.74) is 0. The number of carbonyl (C=O) groups excluding carboxylic acids is 6. The molecule has 26 heteroatoms. The van der Waals surface area contributed by atoms with Crippen LogP contribution in [0, 0.1) is 0 Å². The van der Waals surface area contributed by atoms with E-state index in [1.54, 1.807) is 0 Å². The average molecular weight is 1620 g/mol. The molecule has 0 aliphatic rings. The molecule has 0 saturated carbocycles. The van der Waals surface area contributed by atoms with Crippen molar-refractivity contribution < 1.29 is 94.9 Å². The van der Waals surface area contributed by atoms with E-state index in [1.165, 1.54) is 240 Å². The number of carbonyl (C=O) groups is 6. The van der Waals surface area contributed by atoms with Gasteiger partial charge in [0.15, 0.2) is 12.2 Å². The second kappa shape index (κ2) is 78.5. The maximum Gasteiger partial charge on any atom is 0.472 e. The lowest BCUT2D eigenvalue weighted by atomic mass is 10.0. The first-order valence-electron chi connectivity index (χ1n) is 43.4. The molecule has 0 bridgehead atoms. The van der Waals surface area contributed by atoms with Gasteiger partial charge < -0.3 is 49.6 Å². The summed E-state index contributed by atoms with van der Waals surface area (Å²) in [6, 6.07) is -2.19. The van der Waals surface area contributed by atoms with Crippen LogP contribution < -0.4 is 10.6 Å². The van der Waals surface area contributed by atoms with Crippen LogP contribution in [0.3, 0.4) is 0 Å². The van der Waals surface area contributed by atoms with Gasteiger partial charge in [-0.2, -0.15) is 0 Å². The van der Waals surface area contributed by atoms with Crippen LogP contribution in [-0.2, 0) is 74.9 Å². The summed E-state index contributed by atoms with van der Waals surface area (Å²) in [6.45, 7) is 4.37. The number of unbranched alkanes of at least 4 members (excludes halogenated alkanes) is 48. The van der Waals surface area contributed by atoms with E-state index >= 15 is 0 Å². The van der Waals surface area contributed by atoms with Crippen LogP contribution in [-0.4, -0.2) is 144 Å². The van der Waals surface area contributed by atoms with Gasteiger partial charge in [-0.25, -0.2) is 9.13 Å². The predicted octanol–water partition coefficient (Wildman–Crippen LogP) is 21.2. The molecule has 0 aliphatic carbocycles. The molecule has 22 nitrogen and oxygen atoms in total. The van der Waals surface area contributed by atoms with Gasteiger partial charge in [0, 0.05) is 50.0 Å². The number of aliphatic hydroxyl groups is 2. The lowest BCUT2D eigenvalue weighted by molar-refractivity contribution is -0.161. The van der Waals surface area contributed by atoms with Gasteiger partial charge in [-0.15, -0.1) is 0 Å². The Kier molecular flexibility index (Phi) is 76.8. The maximum absolute atomic E-state index is 13.1. The monoisotopic (exact) mass is 1620 g/mol. The second-order valence-electron chi connectivity index (χ2n) is 29.7. The number of aliphatic hydroxyl groups excluding tert-OH is 2. The molecule has 0 fully saturated rings. The van der Waals surface area contributed by atoms with Gasteiger partial charge in [0.25, 0.3) is 0 Å². The van der Waals surface area contributed by atoms with Crippen molar-refractivity contribution in [1.82, 2.24) is 10.6 Å². The van der Waals surface area contributed by atoms with E-state index in [9.17, 15) is 57.9 Å². The van der Waals surface area contributed by atoms with E-state index in [0.717, 1.165) is 89.9 Å². The highest BCUT2D eigenvalue weighted by Crippen LogP contribution is 2.44. The fraction of sp³-hybridized carbons (Fsp3) is 0.927. The molecule has 0 rings (SSSR count). The zero-order valence-corrected chi connectivity index (χ0v) is 71.8. The fourth-order valence-corrected chi connectivity index (χ4v) is 16.0. The van der Waals surface area contributed by atoms with Crippen molar-refractivity contribution in [3.8, 4) is 0 Å². The molecule has 0 aromatic heterocycles. The van der Waals surface area contributed by atoms with Gasteiger partial charge in [0.05, 0.1) is 51.7 Å². The third kappa shape index (κ3) is 75.0. The van der Waals surface area contributed by atoms with Gasteiger partial charge in [-0.1, -0.05) is 357 Å². The molecule has 0 saturated heterocycles. The van der Waals surface area contributed by atoms with Gasteiger partial charge in [-0.05, 0) is 25.7 Å². The summed E-state index contributed by atoms with van der Waals surface area (Å²) < 4.78 is 69.0. The molecule has 2 amide bonds. The van der Waals surface area contributed by atoms with Crippen molar-refractivity contribution in [2.24, 2.45) is 0 Å². The van der Waals surface area contributed by atoms with Gasteiger partial charge in [-0.3, -0.25) is 46.9 Å². The summed E-state index contributed by atoms with van der Waals surface area (Å²) in [7, 11) is -7.14. The molecule has 6 N–H and O–H groups in total. The summed E-state index contributed by atoms with van der Waals surface area (Å²) in [6.07, 6.45) is 58.4. The zero-order chi connectivity index (χ0) is 79.3. The first kappa shape index (κ1) is 106. The van der Waals surface area contributed by atoms with Crippen LogP contribution in [0.15, 0.2) is 0 Å². The van der Waals surface area contributed by atoms with Crippen molar-refractivity contribution in [2.75, 3.05) is 64.4 Å². The Hall–Kier alpha value is -2.34. The summed E-state index contributed by atoms with van der Waals surface area (Å²) in [4.78, 5) is 98.5. The molecule has 0 radical (unpaired) electrons. The van der Waals surface area contributed by atoms with E-state index in [1.807, 2.05) is 0 Å². The van der Waals surface area contributed by atoms with Crippen LogP contribution in [0.4, 0.5) is 0 Å². The maximum atomic E-state index is 13.1. The van der Waals surface area contributed by atoms with Crippen LogP contribution >= 0.6 is 37.2 Å². The minimum atomic E-state index is -4.86. The van der Waals surface area contributed by atoms with Crippen LogP contribution in [0.1, 0.15) is 400 Å². The topological polar surface area (TPSA) is 315 Å². The van der Waals surface area contributed by atoms with E-state index in [-0.39, 0.29) is 63.2 Å². The lowest BCUT2D eigenvalue weighted by Crippen LogP contribution is -2.41. The van der Waals surface area contributed by atoms with Gasteiger partial charge >= 0.3 is 39.5 Å². The Labute approximate surface area is 663 Å². The number of phosphoric ester groups is 2. The summed E-state index contributed by atoms with van der Waals surface area (Å²) >= 11 is 0. The Morgan fingerprint density at radius 3 is 0.713 bits per heavy atom. The molecule has 0 spiro atoms. The number of phosphoric acid groups is 2.